The third-order valence-electron chi connectivity index (χ3n) is 2.78. The van der Waals surface area contributed by atoms with Gasteiger partial charge in [0.2, 0.25) is 0 Å². The van der Waals surface area contributed by atoms with Crippen molar-refractivity contribution in [3.05, 3.63) is 58.1 Å². The smallest absolute Gasteiger partial charge is 0.133 e. The van der Waals surface area contributed by atoms with Crippen LogP contribution in [0.2, 0.25) is 0 Å². The van der Waals surface area contributed by atoms with E-state index in [9.17, 15) is 5.11 Å². The fraction of sp³-hybridized carbons (Fsp3) is 0.200. The number of ether oxygens (including phenoxy) is 1. The molecule has 3 N–H and O–H groups in total. The van der Waals surface area contributed by atoms with Crippen LogP contribution in [0, 0.1) is 6.92 Å². The number of benzene rings is 2. The Morgan fingerprint density at radius 2 is 2.05 bits per heavy atom. The second-order valence-corrected chi connectivity index (χ2v) is 5.29. The van der Waals surface area contributed by atoms with Gasteiger partial charge in [0.05, 0.1) is 4.47 Å². The number of halogens is 1. The summed E-state index contributed by atoms with van der Waals surface area (Å²) >= 11 is 3.44. The summed E-state index contributed by atoms with van der Waals surface area (Å²) in [6.45, 7) is 2.20. The van der Waals surface area contributed by atoms with Crippen molar-refractivity contribution in [3.63, 3.8) is 0 Å². The summed E-state index contributed by atoms with van der Waals surface area (Å²) in [5.74, 6) is 0.716. The predicted molar refractivity (Wildman–Crippen MR) is 80.2 cm³/mol. The van der Waals surface area contributed by atoms with E-state index in [1.165, 1.54) is 0 Å². The Morgan fingerprint density at radius 3 is 2.74 bits per heavy atom. The predicted octanol–water partition coefficient (Wildman–Crippen LogP) is 3.45. The number of nitrogens with two attached hydrogens (primary N) is 1. The van der Waals surface area contributed by atoms with Crippen LogP contribution in [0.5, 0.6) is 5.75 Å². The molecule has 0 aliphatic heterocycles. The molecule has 0 radical (unpaired) electrons. The summed E-state index contributed by atoms with van der Waals surface area (Å²) < 4.78 is 6.49. The molecule has 2 aromatic carbocycles. The fourth-order valence-corrected chi connectivity index (χ4v) is 2.36. The highest BCUT2D eigenvalue weighted by molar-refractivity contribution is 9.10. The van der Waals surface area contributed by atoms with Crippen molar-refractivity contribution in [1.82, 2.24) is 0 Å². The van der Waals surface area contributed by atoms with Gasteiger partial charge < -0.3 is 15.6 Å². The molecule has 0 aromatic heterocycles. The summed E-state index contributed by atoms with van der Waals surface area (Å²) in [7, 11) is 0. The van der Waals surface area contributed by atoms with Crippen LogP contribution in [0.15, 0.2) is 46.9 Å². The zero-order valence-corrected chi connectivity index (χ0v) is 12.2. The van der Waals surface area contributed by atoms with Gasteiger partial charge in [0.25, 0.3) is 0 Å². The van der Waals surface area contributed by atoms with Gasteiger partial charge in [-0.25, -0.2) is 0 Å². The molecule has 0 amide bonds. The molecule has 3 nitrogen and oxygen atoms in total. The van der Waals surface area contributed by atoms with E-state index in [1.807, 2.05) is 37.3 Å². The Balaban J connectivity index is 2.02. The Morgan fingerprint density at radius 1 is 1.26 bits per heavy atom. The van der Waals surface area contributed by atoms with E-state index in [0.29, 0.717) is 11.4 Å². The summed E-state index contributed by atoms with van der Waals surface area (Å²) in [4.78, 5) is 0. The van der Waals surface area contributed by atoms with Gasteiger partial charge in [0.15, 0.2) is 0 Å². The molecule has 0 aliphatic rings. The minimum atomic E-state index is -0.697. The highest BCUT2D eigenvalue weighted by Gasteiger charge is 2.10. The summed E-state index contributed by atoms with van der Waals surface area (Å²) in [6.07, 6.45) is -0.697. The number of hydrogen-bond acceptors (Lipinski definition) is 3. The maximum atomic E-state index is 10.1. The minimum Gasteiger partial charge on any atom is -0.489 e. The van der Waals surface area contributed by atoms with Crippen molar-refractivity contribution in [2.45, 2.75) is 13.0 Å². The molecule has 1 atom stereocenters. The fourth-order valence-electron chi connectivity index (χ4n) is 1.75. The Hall–Kier alpha value is -1.52. The monoisotopic (exact) mass is 321 g/mol. The van der Waals surface area contributed by atoms with E-state index < -0.39 is 6.10 Å². The first-order valence-corrected chi connectivity index (χ1v) is 6.78. The van der Waals surface area contributed by atoms with Crippen LogP contribution >= 0.6 is 15.9 Å². The first-order chi connectivity index (χ1) is 9.06. The van der Waals surface area contributed by atoms with Crippen molar-refractivity contribution in [1.29, 1.82) is 0 Å². The Kier molecular flexibility index (Phi) is 4.45. The lowest BCUT2D eigenvalue weighted by Gasteiger charge is -2.14. The molecule has 0 heterocycles. The van der Waals surface area contributed by atoms with E-state index in [4.69, 9.17) is 10.5 Å². The van der Waals surface area contributed by atoms with Gasteiger partial charge in [-0.3, -0.25) is 0 Å². The van der Waals surface area contributed by atoms with Crippen LogP contribution in [0.3, 0.4) is 0 Å². The number of anilines is 1. The molecule has 1 unspecified atom stereocenters. The van der Waals surface area contributed by atoms with E-state index in [2.05, 4.69) is 15.9 Å². The molecule has 2 aromatic rings. The van der Waals surface area contributed by atoms with Gasteiger partial charge in [0.1, 0.15) is 18.5 Å². The Labute approximate surface area is 121 Å². The van der Waals surface area contributed by atoms with Crippen LogP contribution in [0.1, 0.15) is 17.2 Å². The molecule has 0 saturated heterocycles. The second kappa shape index (κ2) is 6.08. The van der Waals surface area contributed by atoms with Crippen molar-refractivity contribution in [2.24, 2.45) is 0 Å². The van der Waals surface area contributed by atoms with E-state index in [1.54, 1.807) is 12.1 Å². The van der Waals surface area contributed by atoms with Crippen LogP contribution < -0.4 is 10.5 Å². The molecule has 0 saturated carbocycles. The molecule has 0 spiro atoms. The maximum absolute atomic E-state index is 10.1. The molecule has 0 aliphatic carbocycles. The minimum absolute atomic E-state index is 0.186. The third-order valence-corrected chi connectivity index (χ3v) is 3.40. The lowest BCUT2D eigenvalue weighted by molar-refractivity contribution is 0.108. The molecule has 2 rings (SSSR count). The van der Waals surface area contributed by atoms with Crippen LogP contribution in [-0.2, 0) is 0 Å². The molecular formula is C15H16BrNO2. The second-order valence-electron chi connectivity index (χ2n) is 4.43. The van der Waals surface area contributed by atoms with Crippen LogP contribution in [-0.4, -0.2) is 11.7 Å². The summed E-state index contributed by atoms with van der Waals surface area (Å²) in [5, 5.41) is 10.1. The van der Waals surface area contributed by atoms with Crippen molar-refractivity contribution in [3.8, 4) is 5.75 Å². The number of aliphatic hydroxyl groups is 1. The van der Waals surface area contributed by atoms with Gasteiger partial charge in [-0.15, -0.1) is 0 Å². The highest BCUT2D eigenvalue weighted by atomic mass is 79.9. The largest absolute Gasteiger partial charge is 0.489 e. The number of nitrogen functional groups attached to an aromatic ring is 1. The number of aliphatic hydroxyl groups excluding tert-OH is 1. The molecule has 0 bridgehead atoms. The summed E-state index contributed by atoms with van der Waals surface area (Å²) in [6, 6.07) is 13.0. The van der Waals surface area contributed by atoms with E-state index in [-0.39, 0.29) is 6.61 Å². The van der Waals surface area contributed by atoms with Crippen LogP contribution in [0.4, 0.5) is 5.69 Å². The first kappa shape index (κ1) is 13.9. The first-order valence-electron chi connectivity index (χ1n) is 5.98. The zero-order chi connectivity index (χ0) is 13.8. The van der Waals surface area contributed by atoms with Crippen molar-refractivity contribution >= 4 is 21.6 Å². The Bertz CT molecular complexity index is 572. The molecular weight excluding hydrogens is 306 g/mol. The standard InChI is InChI=1S/C15H16BrNO2/c1-10-5-6-15(13(16)7-10)19-9-14(18)11-3-2-4-12(17)8-11/h2-8,14,18H,9,17H2,1H3. The lowest BCUT2D eigenvalue weighted by atomic mass is 10.1. The van der Waals surface area contributed by atoms with Gasteiger partial charge in [-0.05, 0) is 58.2 Å². The normalized spacial score (nSPS) is 12.2. The molecule has 4 heteroatoms. The van der Waals surface area contributed by atoms with Crippen LogP contribution in [0.25, 0.3) is 0 Å². The number of aryl methyl sites for hydroxylation is 1. The van der Waals surface area contributed by atoms with Crippen molar-refractivity contribution in [2.75, 3.05) is 12.3 Å². The molecule has 100 valence electrons. The highest BCUT2D eigenvalue weighted by Crippen LogP contribution is 2.27. The zero-order valence-electron chi connectivity index (χ0n) is 10.6. The van der Waals surface area contributed by atoms with Gasteiger partial charge in [-0.1, -0.05) is 18.2 Å². The number of rotatable bonds is 4. The quantitative estimate of drug-likeness (QED) is 0.848. The average Bonchev–Trinajstić information content (AvgIpc) is 2.37. The summed E-state index contributed by atoms with van der Waals surface area (Å²) in [5.41, 5.74) is 8.22. The third kappa shape index (κ3) is 3.72. The SMILES string of the molecule is Cc1ccc(OCC(O)c2cccc(N)c2)c(Br)c1. The molecule has 19 heavy (non-hydrogen) atoms. The number of hydrogen-bond donors (Lipinski definition) is 2. The van der Waals surface area contributed by atoms with Gasteiger partial charge >= 0.3 is 0 Å². The van der Waals surface area contributed by atoms with Gasteiger partial charge in [-0.2, -0.15) is 0 Å². The van der Waals surface area contributed by atoms with Crippen molar-refractivity contribution < 1.29 is 9.84 Å². The average molecular weight is 322 g/mol. The maximum Gasteiger partial charge on any atom is 0.133 e. The van der Waals surface area contributed by atoms with Gasteiger partial charge in [0, 0.05) is 5.69 Å². The topological polar surface area (TPSA) is 55.5 Å². The molecule has 0 fully saturated rings. The van der Waals surface area contributed by atoms with E-state index >= 15 is 0 Å². The lowest BCUT2D eigenvalue weighted by Crippen LogP contribution is -2.10. The van der Waals surface area contributed by atoms with E-state index in [0.717, 1.165) is 15.6 Å².